The lowest BCUT2D eigenvalue weighted by Crippen LogP contribution is -2.10. The lowest BCUT2D eigenvalue weighted by atomic mass is 9.88. The quantitative estimate of drug-likeness (QED) is 0.109. The van der Waals surface area contributed by atoms with Crippen LogP contribution in [0.15, 0.2) is 79.5 Å². The van der Waals surface area contributed by atoms with Crippen LogP contribution >= 0.6 is 0 Å². The van der Waals surface area contributed by atoms with Crippen LogP contribution in [-0.4, -0.2) is 40.4 Å². The Balaban J connectivity index is 1.68. The first-order valence-electron chi connectivity index (χ1n) is 15.9. The van der Waals surface area contributed by atoms with Gasteiger partial charge in [0.05, 0.1) is 50.3 Å². The molecular weight excluding hydrogens is 672 g/mol. The van der Waals surface area contributed by atoms with Gasteiger partial charge >= 0.3 is 11.9 Å². The zero-order valence-corrected chi connectivity index (χ0v) is 29.7. The van der Waals surface area contributed by atoms with Crippen LogP contribution in [0.5, 0.6) is 34.5 Å². The SMILES string of the molecule is COc1cc(-c2cc(OC)c(OC)cc2-c2coc3cc(OC(C)=O)cc(C)c3c2=O)c(-c2coc3cc(OC(C)=O)cc(C)c3c2=O)cc1OC. The summed E-state index contributed by atoms with van der Waals surface area (Å²) >= 11 is 0. The molecule has 0 aliphatic rings. The number of rotatable bonds is 9. The Morgan fingerprint density at radius 2 is 0.788 bits per heavy atom. The number of hydrogen-bond donors (Lipinski definition) is 0. The Morgan fingerprint density at radius 3 is 1.08 bits per heavy atom. The van der Waals surface area contributed by atoms with E-state index in [1.807, 2.05) is 0 Å². The van der Waals surface area contributed by atoms with E-state index in [0.29, 0.717) is 56.4 Å². The molecule has 0 aliphatic heterocycles. The van der Waals surface area contributed by atoms with Crippen LogP contribution < -0.4 is 39.3 Å². The molecule has 4 aromatic carbocycles. The average Bonchev–Trinajstić information content (AvgIpc) is 3.10. The maximum Gasteiger partial charge on any atom is 0.308 e. The standard InChI is InChI=1S/C40H34O12/c1-19-9-23(51-21(3)41)11-35-37(19)39(43)29(17-49-35)27-15-33(47-7)31(45-5)13-25(27)26-14-32(46-6)34(48-8)16-28(26)30-18-50-36-12-24(52-22(4)42)10-20(2)38(36)40(30)44/h9-18H,1-8H3. The van der Waals surface area contributed by atoms with Crippen LogP contribution in [0.3, 0.4) is 0 Å². The van der Waals surface area contributed by atoms with Crippen molar-refractivity contribution in [3.8, 4) is 67.9 Å². The number of esters is 2. The number of fused-ring (bicyclic) bond motifs is 2. The Labute approximate surface area is 297 Å². The van der Waals surface area contributed by atoms with Crippen molar-refractivity contribution in [2.45, 2.75) is 27.7 Å². The zero-order valence-electron chi connectivity index (χ0n) is 29.7. The predicted molar refractivity (Wildman–Crippen MR) is 193 cm³/mol. The molecule has 2 aromatic heterocycles. The van der Waals surface area contributed by atoms with Crippen LogP contribution in [-0.2, 0) is 9.59 Å². The first-order valence-corrected chi connectivity index (χ1v) is 15.9. The molecule has 0 saturated carbocycles. The minimum absolute atomic E-state index is 0.173. The summed E-state index contributed by atoms with van der Waals surface area (Å²) in [6.45, 7) is 6.00. The molecule has 0 spiro atoms. The lowest BCUT2D eigenvalue weighted by molar-refractivity contribution is -0.132. The van der Waals surface area contributed by atoms with Crippen LogP contribution in [0, 0.1) is 13.8 Å². The van der Waals surface area contributed by atoms with E-state index in [1.165, 1.54) is 66.9 Å². The monoisotopic (exact) mass is 706 g/mol. The van der Waals surface area contributed by atoms with Gasteiger partial charge in [-0.15, -0.1) is 0 Å². The van der Waals surface area contributed by atoms with Crippen LogP contribution in [0.4, 0.5) is 0 Å². The summed E-state index contributed by atoms with van der Waals surface area (Å²) in [7, 11) is 5.91. The average molecular weight is 707 g/mol. The molecule has 52 heavy (non-hydrogen) atoms. The zero-order chi connectivity index (χ0) is 37.4. The predicted octanol–water partition coefficient (Wildman–Crippen LogP) is 7.40. The van der Waals surface area contributed by atoms with Gasteiger partial charge in [-0.3, -0.25) is 19.2 Å². The van der Waals surface area contributed by atoms with Crippen molar-refractivity contribution in [2.24, 2.45) is 0 Å². The molecule has 0 amide bonds. The summed E-state index contributed by atoms with van der Waals surface area (Å²) in [4.78, 5) is 51.9. The highest BCUT2D eigenvalue weighted by Gasteiger charge is 2.25. The molecular formula is C40H34O12. The first-order chi connectivity index (χ1) is 24.9. The van der Waals surface area contributed by atoms with Crippen molar-refractivity contribution in [1.29, 1.82) is 0 Å². The summed E-state index contributed by atoms with van der Waals surface area (Å²) in [6.07, 6.45) is 2.64. The van der Waals surface area contributed by atoms with Crippen molar-refractivity contribution in [3.05, 3.63) is 92.6 Å². The lowest BCUT2D eigenvalue weighted by Gasteiger charge is -2.20. The molecule has 12 nitrogen and oxygen atoms in total. The van der Waals surface area contributed by atoms with Gasteiger partial charge in [0, 0.05) is 37.1 Å². The van der Waals surface area contributed by atoms with E-state index >= 15 is 0 Å². The Bertz CT molecular complexity index is 2360. The minimum Gasteiger partial charge on any atom is -0.493 e. The van der Waals surface area contributed by atoms with Crippen LogP contribution in [0.1, 0.15) is 25.0 Å². The minimum atomic E-state index is -0.513. The van der Waals surface area contributed by atoms with Gasteiger partial charge in [0.25, 0.3) is 0 Å². The van der Waals surface area contributed by atoms with E-state index in [2.05, 4.69) is 0 Å². The second kappa shape index (κ2) is 14.0. The van der Waals surface area contributed by atoms with E-state index < -0.39 is 11.9 Å². The van der Waals surface area contributed by atoms with Gasteiger partial charge in [-0.25, -0.2) is 0 Å². The number of carbonyl (C=O) groups excluding carboxylic acids is 2. The smallest absolute Gasteiger partial charge is 0.308 e. The number of carbonyl (C=O) groups is 2. The van der Waals surface area contributed by atoms with Gasteiger partial charge in [0.2, 0.25) is 10.9 Å². The highest BCUT2D eigenvalue weighted by Crippen LogP contribution is 2.47. The third-order valence-electron chi connectivity index (χ3n) is 8.54. The molecule has 0 unspecified atom stereocenters. The summed E-state index contributed by atoms with van der Waals surface area (Å²) in [5.74, 6) is 0.789. The summed E-state index contributed by atoms with van der Waals surface area (Å²) in [5.41, 5.74) is 2.79. The Morgan fingerprint density at radius 1 is 0.481 bits per heavy atom. The number of benzene rings is 4. The molecule has 6 aromatic rings. The number of methoxy groups -OCH3 is 4. The number of aryl methyl sites for hydroxylation is 2. The second-order valence-corrected chi connectivity index (χ2v) is 11.9. The fourth-order valence-electron chi connectivity index (χ4n) is 6.31. The molecule has 6 rings (SSSR count). The molecule has 0 bridgehead atoms. The van der Waals surface area contributed by atoms with E-state index in [-0.39, 0.29) is 55.4 Å². The van der Waals surface area contributed by atoms with Gasteiger partial charge in [0.15, 0.2) is 23.0 Å². The third-order valence-corrected chi connectivity index (χ3v) is 8.54. The van der Waals surface area contributed by atoms with Gasteiger partial charge in [-0.05, 0) is 72.5 Å². The van der Waals surface area contributed by atoms with Gasteiger partial charge < -0.3 is 37.3 Å². The van der Waals surface area contributed by atoms with Crippen molar-refractivity contribution >= 4 is 33.9 Å². The van der Waals surface area contributed by atoms with Crippen LogP contribution in [0.25, 0.3) is 55.3 Å². The van der Waals surface area contributed by atoms with Gasteiger partial charge in [0.1, 0.15) is 35.2 Å². The highest BCUT2D eigenvalue weighted by atomic mass is 16.5. The summed E-state index contributed by atoms with van der Waals surface area (Å²) in [6, 6.07) is 12.8. The highest BCUT2D eigenvalue weighted by molar-refractivity contribution is 5.97. The third kappa shape index (κ3) is 6.30. The molecule has 0 fully saturated rings. The fourth-order valence-corrected chi connectivity index (χ4v) is 6.31. The fraction of sp³-hybridized carbons (Fsp3) is 0.200. The van der Waals surface area contributed by atoms with Gasteiger partial charge in [-0.2, -0.15) is 0 Å². The molecule has 2 heterocycles. The second-order valence-electron chi connectivity index (χ2n) is 11.9. The maximum atomic E-state index is 14.4. The topological polar surface area (TPSA) is 150 Å². The number of ether oxygens (including phenoxy) is 6. The van der Waals surface area contributed by atoms with E-state index in [1.54, 1.807) is 50.2 Å². The normalized spacial score (nSPS) is 11.0. The number of hydrogen-bond acceptors (Lipinski definition) is 12. The summed E-state index contributed by atoms with van der Waals surface area (Å²) in [5, 5.41) is 0.556. The molecule has 0 aliphatic carbocycles. The first kappa shape index (κ1) is 35.3. The van der Waals surface area contributed by atoms with Gasteiger partial charge in [-0.1, -0.05) is 0 Å². The van der Waals surface area contributed by atoms with E-state index in [0.717, 1.165) is 0 Å². The van der Waals surface area contributed by atoms with Crippen molar-refractivity contribution in [3.63, 3.8) is 0 Å². The van der Waals surface area contributed by atoms with Crippen molar-refractivity contribution in [2.75, 3.05) is 28.4 Å². The maximum absolute atomic E-state index is 14.4. The molecule has 0 atom stereocenters. The molecule has 0 N–H and O–H groups in total. The molecule has 12 heteroatoms. The van der Waals surface area contributed by atoms with Crippen molar-refractivity contribution < 1.29 is 46.8 Å². The summed E-state index contributed by atoms with van der Waals surface area (Å²) < 4.78 is 45.2. The van der Waals surface area contributed by atoms with E-state index in [9.17, 15) is 19.2 Å². The molecule has 0 saturated heterocycles. The molecule has 0 radical (unpaired) electrons. The van der Waals surface area contributed by atoms with Crippen LogP contribution in [0.2, 0.25) is 0 Å². The van der Waals surface area contributed by atoms with E-state index in [4.69, 9.17) is 37.3 Å². The Kier molecular flexibility index (Phi) is 9.49. The van der Waals surface area contributed by atoms with Crippen molar-refractivity contribution in [1.82, 2.24) is 0 Å². The largest absolute Gasteiger partial charge is 0.493 e. The molecule has 266 valence electrons. The Hall–Kier alpha value is -6.56.